The van der Waals surface area contributed by atoms with Crippen LogP contribution in [0.3, 0.4) is 0 Å². The summed E-state index contributed by atoms with van der Waals surface area (Å²) < 4.78 is 30.0. The van der Waals surface area contributed by atoms with Gasteiger partial charge in [-0.05, 0) is 73.7 Å². The van der Waals surface area contributed by atoms with E-state index in [-0.39, 0.29) is 4.90 Å². The molecule has 0 aliphatic heterocycles. The molecule has 0 atom stereocenters. The highest BCUT2D eigenvalue weighted by atomic mass is 79.9. The Morgan fingerprint density at radius 2 is 1.57 bits per heavy atom. The molecule has 4 aromatic rings. The molecule has 8 nitrogen and oxygen atoms in total. The molecule has 0 unspecified atom stereocenters. The van der Waals surface area contributed by atoms with Crippen LogP contribution in [-0.2, 0) is 10.0 Å². The molecule has 2 N–H and O–H groups in total. The number of anilines is 3. The van der Waals surface area contributed by atoms with Gasteiger partial charge in [0.15, 0.2) is 11.6 Å². The summed E-state index contributed by atoms with van der Waals surface area (Å²) in [5.41, 5.74) is 2.10. The lowest BCUT2D eigenvalue weighted by Crippen LogP contribution is -2.12. The molecule has 10 heteroatoms. The molecule has 152 valence electrons. The summed E-state index contributed by atoms with van der Waals surface area (Å²) in [6, 6.07) is 18.8. The van der Waals surface area contributed by atoms with Crippen molar-refractivity contribution in [3.8, 4) is 5.82 Å². The standard InChI is InChI=1S/C20H17BrN6O2S/c1-14-12-13-27(25-14)20-11-10-19(23-24-20)22-16-4-6-17(7-5-16)26-30(28,29)18-8-2-15(21)3-9-18/h2-13,26H,1H3,(H,22,23). The van der Waals surface area contributed by atoms with E-state index in [9.17, 15) is 8.42 Å². The van der Waals surface area contributed by atoms with Crippen LogP contribution in [0.2, 0.25) is 0 Å². The Kier molecular flexibility index (Phi) is 5.51. The molecule has 0 amide bonds. The van der Waals surface area contributed by atoms with Gasteiger partial charge in [0.1, 0.15) is 0 Å². The summed E-state index contributed by atoms with van der Waals surface area (Å²) in [4.78, 5) is 0.190. The maximum absolute atomic E-state index is 12.5. The van der Waals surface area contributed by atoms with Crippen LogP contribution in [0, 0.1) is 6.92 Å². The minimum absolute atomic E-state index is 0.190. The molecule has 2 heterocycles. The Hall–Kier alpha value is -3.24. The van der Waals surface area contributed by atoms with Gasteiger partial charge in [0.25, 0.3) is 10.0 Å². The number of aromatic nitrogens is 4. The molecule has 0 aliphatic carbocycles. The van der Waals surface area contributed by atoms with Crippen molar-refractivity contribution in [2.75, 3.05) is 10.0 Å². The number of hydrogen-bond acceptors (Lipinski definition) is 6. The zero-order valence-electron chi connectivity index (χ0n) is 15.8. The number of benzene rings is 2. The maximum Gasteiger partial charge on any atom is 0.261 e. The van der Waals surface area contributed by atoms with Gasteiger partial charge in [-0.25, -0.2) is 13.1 Å². The average Bonchev–Trinajstić information content (AvgIpc) is 3.16. The molecule has 0 saturated heterocycles. The second-order valence-electron chi connectivity index (χ2n) is 6.44. The van der Waals surface area contributed by atoms with Gasteiger partial charge >= 0.3 is 0 Å². The first-order valence-corrected chi connectivity index (χ1v) is 11.2. The summed E-state index contributed by atoms with van der Waals surface area (Å²) >= 11 is 3.29. The SMILES string of the molecule is Cc1ccn(-c2ccc(Nc3ccc(NS(=O)(=O)c4ccc(Br)cc4)cc3)nn2)n1. The van der Waals surface area contributed by atoms with E-state index in [2.05, 4.69) is 41.3 Å². The molecule has 2 aromatic carbocycles. The van der Waals surface area contributed by atoms with Crippen molar-refractivity contribution in [1.82, 2.24) is 20.0 Å². The van der Waals surface area contributed by atoms with Crippen LogP contribution < -0.4 is 10.0 Å². The zero-order chi connectivity index (χ0) is 21.1. The number of hydrogen-bond donors (Lipinski definition) is 2. The first-order valence-electron chi connectivity index (χ1n) is 8.91. The lowest BCUT2D eigenvalue weighted by molar-refractivity contribution is 0.601. The van der Waals surface area contributed by atoms with E-state index in [1.807, 2.05) is 25.3 Å². The lowest BCUT2D eigenvalue weighted by atomic mass is 10.3. The molecular formula is C20H17BrN6O2S. The van der Waals surface area contributed by atoms with Crippen molar-refractivity contribution in [2.24, 2.45) is 0 Å². The quantitative estimate of drug-likeness (QED) is 0.423. The molecule has 0 aliphatic rings. The largest absolute Gasteiger partial charge is 0.339 e. The van der Waals surface area contributed by atoms with E-state index >= 15 is 0 Å². The topological polar surface area (TPSA) is 102 Å². The van der Waals surface area contributed by atoms with Gasteiger partial charge in [0.05, 0.1) is 10.6 Å². The number of rotatable bonds is 6. The third kappa shape index (κ3) is 4.66. The van der Waals surface area contributed by atoms with Gasteiger partial charge in [-0.2, -0.15) is 5.10 Å². The van der Waals surface area contributed by atoms with Crippen LogP contribution >= 0.6 is 15.9 Å². The lowest BCUT2D eigenvalue weighted by Gasteiger charge is -2.10. The van der Waals surface area contributed by atoms with Gasteiger partial charge < -0.3 is 5.32 Å². The predicted octanol–water partition coefficient (Wildman–Crippen LogP) is 4.28. The molecule has 0 spiro atoms. The summed E-state index contributed by atoms with van der Waals surface area (Å²) in [7, 11) is -3.65. The zero-order valence-corrected chi connectivity index (χ0v) is 18.2. The molecule has 0 saturated carbocycles. The van der Waals surface area contributed by atoms with Crippen molar-refractivity contribution in [3.63, 3.8) is 0 Å². The van der Waals surface area contributed by atoms with Crippen LogP contribution in [0.1, 0.15) is 5.69 Å². The van der Waals surface area contributed by atoms with Gasteiger partial charge in [-0.15, -0.1) is 10.2 Å². The second kappa shape index (κ2) is 8.25. The molecular weight excluding hydrogens is 468 g/mol. The van der Waals surface area contributed by atoms with E-state index in [4.69, 9.17) is 0 Å². The Balaban J connectivity index is 1.43. The smallest absolute Gasteiger partial charge is 0.261 e. The van der Waals surface area contributed by atoms with Crippen LogP contribution in [0.4, 0.5) is 17.2 Å². The molecule has 4 rings (SSSR count). The van der Waals surface area contributed by atoms with Crippen molar-refractivity contribution >= 4 is 43.1 Å². The average molecular weight is 485 g/mol. The molecule has 0 radical (unpaired) electrons. The van der Waals surface area contributed by atoms with Crippen LogP contribution in [0.25, 0.3) is 5.82 Å². The number of halogens is 1. The number of sulfonamides is 1. The van der Waals surface area contributed by atoms with E-state index in [1.165, 1.54) is 12.1 Å². The van der Waals surface area contributed by atoms with Crippen molar-refractivity contribution in [1.29, 1.82) is 0 Å². The minimum atomic E-state index is -3.65. The molecule has 0 fully saturated rings. The monoisotopic (exact) mass is 484 g/mol. The fraction of sp³-hybridized carbons (Fsp3) is 0.0500. The van der Waals surface area contributed by atoms with Gasteiger partial charge in [0.2, 0.25) is 0 Å². The van der Waals surface area contributed by atoms with Crippen molar-refractivity contribution in [3.05, 3.63) is 83.1 Å². The Morgan fingerprint density at radius 1 is 0.867 bits per heavy atom. The molecule has 30 heavy (non-hydrogen) atoms. The highest BCUT2D eigenvalue weighted by Crippen LogP contribution is 2.21. The number of nitrogens with zero attached hydrogens (tertiary/aromatic N) is 4. The van der Waals surface area contributed by atoms with E-state index in [0.29, 0.717) is 17.3 Å². The Bertz CT molecular complexity index is 1250. The number of nitrogens with one attached hydrogen (secondary N) is 2. The van der Waals surface area contributed by atoms with Crippen molar-refractivity contribution in [2.45, 2.75) is 11.8 Å². The molecule has 2 aromatic heterocycles. The summed E-state index contributed by atoms with van der Waals surface area (Å²) in [6.45, 7) is 1.91. The fourth-order valence-corrected chi connectivity index (χ4v) is 3.98. The predicted molar refractivity (Wildman–Crippen MR) is 119 cm³/mol. The van der Waals surface area contributed by atoms with Gasteiger partial charge in [-0.1, -0.05) is 15.9 Å². The third-order valence-corrected chi connectivity index (χ3v) is 6.07. The fourth-order valence-electron chi connectivity index (χ4n) is 2.65. The third-order valence-electron chi connectivity index (χ3n) is 4.14. The van der Waals surface area contributed by atoms with Crippen LogP contribution in [-0.4, -0.2) is 28.4 Å². The van der Waals surface area contributed by atoms with Crippen molar-refractivity contribution < 1.29 is 8.42 Å². The van der Waals surface area contributed by atoms with E-state index < -0.39 is 10.0 Å². The summed E-state index contributed by atoms with van der Waals surface area (Å²) in [5, 5.41) is 15.7. The van der Waals surface area contributed by atoms with E-state index in [0.717, 1.165) is 15.9 Å². The second-order valence-corrected chi connectivity index (χ2v) is 9.04. The first kappa shape index (κ1) is 20.0. The normalized spacial score (nSPS) is 11.3. The van der Waals surface area contributed by atoms with Crippen LogP contribution in [0.5, 0.6) is 0 Å². The summed E-state index contributed by atoms with van der Waals surface area (Å²) in [5.74, 6) is 1.18. The minimum Gasteiger partial charge on any atom is -0.339 e. The highest BCUT2D eigenvalue weighted by molar-refractivity contribution is 9.10. The first-order chi connectivity index (χ1) is 14.4. The maximum atomic E-state index is 12.5. The van der Waals surface area contributed by atoms with Gasteiger partial charge in [-0.3, -0.25) is 4.72 Å². The number of aryl methyl sites for hydroxylation is 1. The highest BCUT2D eigenvalue weighted by Gasteiger charge is 2.13. The van der Waals surface area contributed by atoms with E-state index in [1.54, 1.807) is 47.1 Å². The van der Waals surface area contributed by atoms with Gasteiger partial charge in [0, 0.05) is 22.0 Å². The Labute approximate surface area is 182 Å². The summed E-state index contributed by atoms with van der Waals surface area (Å²) in [6.07, 6.45) is 1.82. The van der Waals surface area contributed by atoms with Crippen LogP contribution in [0.15, 0.2) is 82.3 Å². The molecule has 0 bridgehead atoms. The Morgan fingerprint density at radius 3 is 2.17 bits per heavy atom.